The maximum atomic E-state index is 12.0. The third-order valence-corrected chi connectivity index (χ3v) is 5.84. The second-order valence-electron chi connectivity index (χ2n) is 9.58. The number of carbonyl (C=O) groups excluding carboxylic acids is 1. The van der Waals surface area contributed by atoms with Crippen LogP contribution in [0.15, 0.2) is 42.5 Å². The molecule has 0 bridgehead atoms. The molecule has 0 aliphatic rings. The molecule has 0 fully saturated rings. The Labute approximate surface area is 192 Å². The minimum absolute atomic E-state index is 0.114. The van der Waals surface area contributed by atoms with Gasteiger partial charge in [0.05, 0.1) is 17.6 Å². The lowest BCUT2D eigenvalue weighted by Gasteiger charge is -2.17. The van der Waals surface area contributed by atoms with Gasteiger partial charge in [0, 0.05) is 18.4 Å². The van der Waals surface area contributed by atoms with E-state index in [2.05, 4.69) is 54.1 Å². The summed E-state index contributed by atoms with van der Waals surface area (Å²) < 4.78 is 8.33. The van der Waals surface area contributed by atoms with E-state index in [0.717, 1.165) is 61.4 Å². The molecule has 1 amide bonds. The highest BCUT2D eigenvalue weighted by Gasteiger charge is 2.20. The average molecular weight is 436 g/mol. The van der Waals surface area contributed by atoms with E-state index in [9.17, 15) is 4.79 Å². The maximum absolute atomic E-state index is 12.0. The van der Waals surface area contributed by atoms with Crippen molar-refractivity contribution in [3.05, 3.63) is 59.4 Å². The normalized spacial score (nSPS) is 11.7. The van der Waals surface area contributed by atoms with Crippen molar-refractivity contribution in [3.63, 3.8) is 0 Å². The van der Waals surface area contributed by atoms with Crippen molar-refractivity contribution in [2.45, 2.75) is 66.8 Å². The second-order valence-corrected chi connectivity index (χ2v) is 9.58. The van der Waals surface area contributed by atoms with Crippen molar-refractivity contribution in [2.24, 2.45) is 5.41 Å². The Morgan fingerprint density at radius 1 is 1.03 bits per heavy atom. The van der Waals surface area contributed by atoms with Gasteiger partial charge >= 0.3 is 0 Å². The Bertz CT molecular complexity index is 1050. The fraction of sp³-hybridized carbons (Fsp3) is 0.481. The molecule has 1 heterocycles. The highest BCUT2D eigenvalue weighted by atomic mass is 16.5. The topological polar surface area (TPSA) is 56.1 Å². The lowest BCUT2D eigenvalue weighted by Crippen LogP contribution is -2.35. The molecule has 0 unspecified atom stereocenters. The van der Waals surface area contributed by atoms with E-state index in [-0.39, 0.29) is 11.3 Å². The molecule has 3 aromatic rings. The zero-order valence-electron chi connectivity index (χ0n) is 20.2. The van der Waals surface area contributed by atoms with Gasteiger partial charge in [-0.25, -0.2) is 4.98 Å². The number of rotatable bonds is 10. The fourth-order valence-corrected chi connectivity index (χ4v) is 3.68. The van der Waals surface area contributed by atoms with Crippen molar-refractivity contribution >= 4 is 16.9 Å². The molecule has 32 heavy (non-hydrogen) atoms. The summed E-state index contributed by atoms with van der Waals surface area (Å²) in [5.41, 5.74) is 4.38. The molecular weight excluding hydrogens is 398 g/mol. The van der Waals surface area contributed by atoms with E-state index in [4.69, 9.17) is 9.72 Å². The molecule has 0 spiro atoms. The van der Waals surface area contributed by atoms with Crippen LogP contribution < -0.4 is 10.1 Å². The smallest absolute Gasteiger partial charge is 0.225 e. The number of unbranched alkanes of at least 4 members (excludes halogenated alkanes) is 2. The van der Waals surface area contributed by atoms with Crippen LogP contribution in [0.1, 0.15) is 57.0 Å². The summed E-state index contributed by atoms with van der Waals surface area (Å²) in [6.07, 6.45) is 4.02. The number of amides is 1. The van der Waals surface area contributed by atoms with E-state index in [0.29, 0.717) is 6.61 Å². The lowest BCUT2D eigenvalue weighted by molar-refractivity contribution is -0.128. The van der Waals surface area contributed by atoms with Gasteiger partial charge in [-0.3, -0.25) is 4.79 Å². The quantitative estimate of drug-likeness (QED) is 0.421. The van der Waals surface area contributed by atoms with Crippen LogP contribution in [-0.2, 0) is 17.8 Å². The summed E-state index contributed by atoms with van der Waals surface area (Å²) in [4.78, 5) is 16.8. The number of aromatic nitrogens is 2. The van der Waals surface area contributed by atoms with Crippen molar-refractivity contribution in [3.8, 4) is 5.75 Å². The lowest BCUT2D eigenvalue weighted by atomic mass is 9.96. The van der Waals surface area contributed by atoms with Gasteiger partial charge < -0.3 is 14.6 Å². The Balaban J connectivity index is 1.54. The highest BCUT2D eigenvalue weighted by molar-refractivity contribution is 5.81. The molecule has 1 N–H and O–H groups in total. The second kappa shape index (κ2) is 10.7. The molecule has 0 aliphatic carbocycles. The summed E-state index contributed by atoms with van der Waals surface area (Å²) in [6, 6.07) is 14.5. The van der Waals surface area contributed by atoms with Crippen molar-refractivity contribution in [2.75, 3.05) is 13.2 Å². The Hall–Kier alpha value is -2.82. The number of imidazole rings is 1. The summed E-state index contributed by atoms with van der Waals surface area (Å²) in [7, 11) is 0. The summed E-state index contributed by atoms with van der Waals surface area (Å²) in [5.74, 6) is 2.13. The van der Waals surface area contributed by atoms with Crippen LogP contribution in [0.3, 0.4) is 0 Å². The SMILES string of the molecule is Cc1ccc(OCCn2c(CCCCCNC(=O)C(C)(C)C)nc3ccccc32)cc1C. The molecular formula is C27H37N3O2. The molecule has 5 heteroatoms. The predicted molar refractivity (Wildman–Crippen MR) is 131 cm³/mol. The van der Waals surface area contributed by atoms with E-state index in [1.54, 1.807) is 0 Å². The van der Waals surface area contributed by atoms with Gasteiger partial charge in [-0.15, -0.1) is 0 Å². The van der Waals surface area contributed by atoms with Gasteiger partial charge in [0.15, 0.2) is 0 Å². The van der Waals surface area contributed by atoms with E-state index in [1.165, 1.54) is 11.1 Å². The van der Waals surface area contributed by atoms with E-state index in [1.807, 2.05) is 32.9 Å². The zero-order valence-corrected chi connectivity index (χ0v) is 20.2. The molecule has 0 aliphatic heterocycles. The van der Waals surface area contributed by atoms with Gasteiger partial charge in [0.1, 0.15) is 18.2 Å². The van der Waals surface area contributed by atoms with Crippen molar-refractivity contribution in [1.82, 2.24) is 14.9 Å². The highest BCUT2D eigenvalue weighted by Crippen LogP contribution is 2.20. The van der Waals surface area contributed by atoms with Crippen LogP contribution in [0, 0.1) is 19.3 Å². The number of ether oxygens (including phenoxy) is 1. The van der Waals surface area contributed by atoms with Crippen molar-refractivity contribution < 1.29 is 9.53 Å². The number of aryl methyl sites for hydroxylation is 3. The predicted octanol–water partition coefficient (Wildman–Crippen LogP) is 5.61. The first-order chi connectivity index (χ1) is 15.3. The number of nitrogens with one attached hydrogen (secondary N) is 1. The Kier molecular flexibility index (Phi) is 7.94. The van der Waals surface area contributed by atoms with Crippen LogP contribution in [-0.4, -0.2) is 28.6 Å². The number of hydrogen-bond donors (Lipinski definition) is 1. The van der Waals surface area contributed by atoms with Gasteiger partial charge in [-0.2, -0.15) is 0 Å². The van der Waals surface area contributed by atoms with Crippen LogP contribution >= 0.6 is 0 Å². The molecule has 0 saturated carbocycles. The van der Waals surface area contributed by atoms with E-state index < -0.39 is 0 Å². The van der Waals surface area contributed by atoms with Gasteiger partial charge in [0.2, 0.25) is 5.91 Å². The largest absolute Gasteiger partial charge is 0.492 e. The minimum atomic E-state index is -0.329. The van der Waals surface area contributed by atoms with Gasteiger partial charge in [0.25, 0.3) is 0 Å². The first kappa shape index (κ1) is 23.8. The standard InChI is InChI=1S/C27H37N3O2/c1-20-14-15-22(19-21(20)2)32-18-17-30-24-12-9-8-11-23(24)29-25(30)13-7-6-10-16-28-26(31)27(3,4)5/h8-9,11-12,14-15,19H,6-7,10,13,16-18H2,1-5H3,(H,28,31). The average Bonchev–Trinajstić information content (AvgIpc) is 3.10. The summed E-state index contributed by atoms with van der Waals surface area (Å²) in [5, 5.41) is 3.03. The third kappa shape index (κ3) is 6.35. The number of nitrogens with zero attached hydrogens (tertiary/aromatic N) is 2. The first-order valence-electron chi connectivity index (χ1n) is 11.7. The summed E-state index contributed by atoms with van der Waals surface area (Å²) >= 11 is 0. The summed E-state index contributed by atoms with van der Waals surface area (Å²) in [6.45, 7) is 12.2. The molecule has 1 aromatic heterocycles. The minimum Gasteiger partial charge on any atom is -0.492 e. The molecule has 3 rings (SSSR count). The molecule has 0 atom stereocenters. The number of benzene rings is 2. The van der Waals surface area contributed by atoms with Gasteiger partial charge in [-0.05, 0) is 62.1 Å². The Morgan fingerprint density at radius 2 is 1.81 bits per heavy atom. The first-order valence-corrected chi connectivity index (χ1v) is 11.7. The molecule has 0 saturated heterocycles. The van der Waals surface area contributed by atoms with Crippen LogP contribution in [0.25, 0.3) is 11.0 Å². The van der Waals surface area contributed by atoms with Crippen LogP contribution in [0.4, 0.5) is 0 Å². The third-order valence-electron chi connectivity index (χ3n) is 5.84. The monoisotopic (exact) mass is 435 g/mol. The van der Waals surface area contributed by atoms with Gasteiger partial charge in [-0.1, -0.05) is 45.4 Å². The van der Waals surface area contributed by atoms with Crippen LogP contribution in [0.2, 0.25) is 0 Å². The van der Waals surface area contributed by atoms with Crippen molar-refractivity contribution in [1.29, 1.82) is 0 Å². The number of hydrogen-bond acceptors (Lipinski definition) is 3. The number of para-hydroxylation sites is 2. The fourth-order valence-electron chi connectivity index (χ4n) is 3.68. The number of carbonyl (C=O) groups is 1. The van der Waals surface area contributed by atoms with Crippen LogP contribution in [0.5, 0.6) is 5.75 Å². The molecule has 172 valence electrons. The molecule has 0 radical (unpaired) electrons. The van der Waals surface area contributed by atoms with E-state index >= 15 is 0 Å². The molecule has 5 nitrogen and oxygen atoms in total. The zero-order chi connectivity index (χ0) is 23.1. The number of fused-ring (bicyclic) bond motifs is 1. The maximum Gasteiger partial charge on any atom is 0.225 e. The Morgan fingerprint density at radius 3 is 2.56 bits per heavy atom. The molecule has 2 aromatic carbocycles.